The van der Waals surface area contributed by atoms with E-state index in [2.05, 4.69) is 4.98 Å². The number of aromatic nitrogens is 2. The van der Waals surface area contributed by atoms with Crippen molar-refractivity contribution in [3.05, 3.63) is 56.5 Å². The first-order valence-electron chi connectivity index (χ1n) is 5.37. The van der Waals surface area contributed by atoms with Crippen molar-refractivity contribution >= 4 is 0 Å². The smallest absolute Gasteiger partial charge is 0.335 e. The highest BCUT2D eigenvalue weighted by Crippen LogP contribution is 2.17. The van der Waals surface area contributed by atoms with Gasteiger partial charge in [0.1, 0.15) is 5.82 Å². The Balaban J connectivity index is 2.80. The Kier molecular flexibility index (Phi) is 3.01. The molecule has 0 aliphatic rings. The maximum Gasteiger partial charge on any atom is 0.335 e. The number of halogens is 1. The van der Waals surface area contributed by atoms with Gasteiger partial charge < -0.3 is 5.11 Å². The zero-order chi connectivity index (χ0) is 13.3. The highest BCUT2D eigenvalue weighted by atomic mass is 19.1. The molecule has 2 N–H and O–H groups in total. The van der Waals surface area contributed by atoms with Gasteiger partial charge in [0, 0.05) is 0 Å². The molecule has 0 spiro atoms. The van der Waals surface area contributed by atoms with Gasteiger partial charge in [-0.25, -0.2) is 13.8 Å². The predicted molar refractivity (Wildman–Crippen MR) is 63.7 cm³/mol. The van der Waals surface area contributed by atoms with Gasteiger partial charge in [-0.2, -0.15) is 0 Å². The molecule has 18 heavy (non-hydrogen) atoms. The van der Waals surface area contributed by atoms with E-state index in [0.29, 0.717) is 0 Å². The van der Waals surface area contributed by atoms with Crippen molar-refractivity contribution in [1.82, 2.24) is 9.55 Å². The molecular formula is C12H11FN2O3. The van der Waals surface area contributed by atoms with Gasteiger partial charge in [0.15, 0.2) is 0 Å². The molecule has 2 aromatic rings. The molecule has 94 valence electrons. The van der Waals surface area contributed by atoms with Crippen molar-refractivity contribution in [1.29, 1.82) is 0 Å². The second kappa shape index (κ2) is 4.48. The van der Waals surface area contributed by atoms with E-state index in [1.165, 1.54) is 18.2 Å². The van der Waals surface area contributed by atoms with Crippen molar-refractivity contribution in [2.75, 3.05) is 0 Å². The molecular weight excluding hydrogens is 239 g/mol. The molecule has 1 aromatic carbocycles. The minimum absolute atomic E-state index is 0.0823. The minimum atomic E-state index is -0.805. The lowest BCUT2D eigenvalue weighted by atomic mass is 10.2. The SMILES string of the molecule is CCc1c(O)n(-c2cccc(F)c2)c(=O)[nH]c1=O. The van der Waals surface area contributed by atoms with Crippen molar-refractivity contribution in [3.8, 4) is 11.6 Å². The van der Waals surface area contributed by atoms with E-state index in [1.807, 2.05) is 0 Å². The molecule has 0 fully saturated rings. The number of rotatable bonds is 2. The van der Waals surface area contributed by atoms with E-state index in [-0.39, 0.29) is 17.7 Å². The van der Waals surface area contributed by atoms with Gasteiger partial charge in [-0.3, -0.25) is 9.78 Å². The van der Waals surface area contributed by atoms with E-state index in [4.69, 9.17) is 0 Å². The number of nitrogens with one attached hydrogen (secondary N) is 1. The van der Waals surface area contributed by atoms with Crippen LogP contribution < -0.4 is 11.2 Å². The zero-order valence-corrected chi connectivity index (χ0v) is 9.61. The molecule has 0 radical (unpaired) electrons. The van der Waals surface area contributed by atoms with E-state index in [9.17, 15) is 19.1 Å². The second-order valence-electron chi connectivity index (χ2n) is 3.73. The molecule has 1 aromatic heterocycles. The van der Waals surface area contributed by atoms with Crippen molar-refractivity contribution in [3.63, 3.8) is 0 Å². The number of hydrogen-bond acceptors (Lipinski definition) is 3. The van der Waals surface area contributed by atoms with Crippen LogP contribution in [0, 0.1) is 5.82 Å². The first-order chi connectivity index (χ1) is 8.54. The van der Waals surface area contributed by atoms with Crippen LogP contribution in [0.3, 0.4) is 0 Å². The fourth-order valence-corrected chi connectivity index (χ4v) is 1.73. The van der Waals surface area contributed by atoms with Gasteiger partial charge in [0.05, 0.1) is 11.3 Å². The Morgan fingerprint density at radius 3 is 2.72 bits per heavy atom. The van der Waals surface area contributed by atoms with Crippen LogP contribution in [0.5, 0.6) is 5.88 Å². The molecule has 0 saturated carbocycles. The Hall–Kier alpha value is -2.37. The van der Waals surface area contributed by atoms with Crippen molar-refractivity contribution < 1.29 is 9.50 Å². The average molecular weight is 250 g/mol. The summed E-state index contributed by atoms with van der Waals surface area (Å²) in [5.41, 5.74) is -1.20. The molecule has 0 saturated heterocycles. The van der Waals surface area contributed by atoms with Crippen LogP contribution in [-0.4, -0.2) is 14.7 Å². The van der Waals surface area contributed by atoms with Gasteiger partial charge in [0.2, 0.25) is 5.88 Å². The highest BCUT2D eigenvalue weighted by molar-refractivity contribution is 5.38. The standard InChI is InChI=1S/C12H11FN2O3/c1-2-9-10(16)14-12(18)15(11(9)17)8-5-3-4-7(13)6-8/h3-6,17H,2H2,1H3,(H,14,16,18). The summed E-state index contributed by atoms with van der Waals surface area (Å²) in [5.74, 6) is -1.00. The highest BCUT2D eigenvalue weighted by Gasteiger charge is 2.14. The van der Waals surface area contributed by atoms with Crippen LogP contribution in [0.4, 0.5) is 4.39 Å². The average Bonchev–Trinajstić information content (AvgIpc) is 2.28. The van der Waals surface area contributed by atoms with Gasteiger partial charge >= 0.3 is 5.69 Å². The van der Waals surface area contributed by atoms with Gasteiger partial charge in [0.25, 0.3) is 5.56 Å². The summed E-state index contributed by atoms with van der Waals surface area (Å²) >= 11 is 0. The fraction of sp³-hybridized carbons (Fsp3) is 0.167. The monoisotopic (exact) mass is 250 g/mol. The Morgan fingerprint density at radius 2 is 2.11 bits per heavy atom. The molecule has 6 heteroatoms. The van der Waals surface area contributed by atoms with Crippen LogP contribution >= 0.6 is 0 Å². The second-order valence-corrected chi connectivity index (χ2v) is 3.73. The quantitative estimate of drug-likeness (QED) is 0.832. The van der Waals surface area contributed by atoms with Gasteiger partial charge in [-0.15, -0.1) is 0 Å². The third-order valence-electron chi connectivity index (χ3n) is 2.60. The van der Waals surface area contributed by atoms with E-state index < -0.39 is 22.9 Å². The lowest BCUT2D eigenvalue weighted by molar-refractivity contribution is 0.423. The minimum Gasteiger partial charge on any atom is -0.494 e. The summed E-state index contributed by atoms with van der Waals surface area (Å²) in [4.78, 5) is 25.2. The van der Waals surface area contributed by atoms with Gasteiger partial charge in [-0.05, 0) is 24.6 Å². The molecule has 2 rings (SSSR count). The molecule has 0 bridgehead atoms. The summed E-state index contributed by atoms with van der Waals surface area (Å²) in [7, 11) is 0. The Morgan fingerprint density at radius 1 is 1.39 bits per heavy atom. The number of H-pyrrole nitrogens is 1. The summed E-state index contributed by atoms with van der Waals surface area (Å²) in [6.45, 7) is 1.67. The fourth-order valence-electron chi connectivity index (χ4n) is 1.73. The maximum atomic E-state index is 13.1. The third kappa shape index (κ3) is 1.92. The van der Waals surface area contributed by atoms with Crippen LogP contribution in [-0.2, 0) is 6.42 Å². The lowest BCUT2D eigenvalue weighted by Crippen LogP contribution is -2.31. The van der Waals surface area contributed by atoms with Crippen LogP contribution in [0.2, 0.25) is 0 Å². The first kappa shape index (κ1) is 12.1. The topological polar surface area (TPSA) is 75.1 Å². The number of aromatic hydroxyl groups is 1. The molecule has 0 aliphatic heterocycles. The lowest BCUT2D eigenvalue weighted by Gasteiger charge is -2.10. The molecule has 5 nitrogen and oxygen atoms in total. The number of nitrogens with zero attached hydrogens (tertiary/aromatic N) is 1. The zero-order valence-electron chi connectivity index (χ0n) is 9.61. The van der Waals surface area contributed by atoms with Crippen molar-refractivity contribution in [2.24, 2.45) is 0 Å². The molecule has 0 aliphatic carbocycles. The molecule has 0 unspecified atom stereocenters. The first-order valence-corrected chi connectivity index (χ1v) is 5.37. The third-order valence-corrected chi connectivity index (χ3v) is 2.60. The van der Waals surface area contributed by atoms with E-state index in [1.54, 1.807) is 6.92 Å². The Bertz CT molecular complexity index is 703. The molecule has 0 amide bonds. The van der Waals surface area contributed by atoms with E-state index >= 15 is 0 Å². The van der Waals surface area contributed by atoms with E-state index in [0.717, 1.165) is 10.6 Å². The van der Waals surface area contributed by atoms with Crippen LogP contribution in [0.25, 0.3) is 5.69 Å². The largest absolute Gasteiger partial charge is 0.494 e. The normalized spacial score (nSPS) is 10.6. The van der Waals surface area contributed by atoms with Crippen molar-refractivity contribution in [2.45, 2.75) is 13.3 Å². The summed E-state index contributed by atoms with van der Waals surface area (Å²) in [6.07, 6.45) is 0.261. The predicted octanol–water partition coefficient (Wildman–Crippen LogP) is 0.933. The number of benzene rings is 1. The van der Waals surface area contributed by atoms with Gasteiger partial charge in [-0.1, -0.05) is 13.0 Å². The maximum absolute atomic E-state index is 13.1. The summed E-state index contributed by atoms with van der Waals surface area (Å²) in [5, 5.41) is 9.92. The summed E-state index contributed by atoms with van der Waals surface area (Å²) in [6, 6.07) is 5.19. The summed E-state index contributed by atoms with van der Waals surface area (Å²) < 4.78 is 14.0. The van der Waals surface area contributed by atoms with Crippen LogP contribution in [0.1, 0.15) is 12.5 Å². The number of hydrogen-bond donors (Lipinski definition) is 2. The molecule has 1 heterocycles. The van der Waals surface area contributed by atoms with Crippen LogP contribution in [0.15, 0.2) is 33.9 Å². The number of aromatic amines is 1. The Labute approximate surface area is 101 Å². The molecule has 0 atom stereocenters.